The second-order valence-corrected chi connectivity index (χ2v) is 13.0. The number of unbranched alkanes of at least 4 members (excludes halogenated alkanes) is 2. The van der Waals surface area contributed by atoms with E-state index < -0.39 is 6.04 Å². The summed E-state index contributed by atoms with van der Waals surface area (Å²) in [5.74, 6) is -0.385. The van der Waals surface area contributed by atoms with Crippen molar-refractivity contribution in [1.82, 2.24) is 25.1 Å². The van der Waals surface area contributed by atoms with Gasteiger partial charge in [-0.1, -0.05) is 42.8 Å². The van der Waals surface area contributed by atoms with Gasteiger partial charge in [0.2, 0.25) is 17.7 Å². The number of benzene rings is 2. The number of nitrogens with one attached hydrogen (secondary N) is 1. The van der Waals surface area contributed by atoms with Gasteiger partial charge >= 0.3 is 0 Å². The number of para-hydroxylation sites is 1. The molecule has 0 aliphatic carbocycles. The zero-order valence-corrected chi connectivity index (χ0v) is 26.1. The van der Waals surface area contributed by atoms with Crippen molar-refractivity contribution < 1.29 is 19.2 Å². The summed E-state index contributed by atoms with van der Waals surface area (Å²) in [6, 6.07) is 18.2. The fourth-order valence-corrected chi connectivity index (χ4v) is 7.27. The van der Waals surface area contributed by atoms with Gasteiger partial charge in [0, 0.05) is 56.2 Å². The zero-order chi connectivity index (χ0) is 31.6. The van der Waals surface area contributed by atoms with E-state index in [-0.39, 0.29) is 36.0 Å². The lowest BCUT2D eigenvalue weighted by molar-refractivity contribution is -0.137. The van der Waals surface area contributed by atoms with Crippen LogP contribution in [0.15, 0.2) is 59.7 Å². The van der Waals surface area contributed by atoms with Crippen LogP contribution in [0.1, 0.15) is 84.5 Å². The number of aromatic nitrogens is 1. The molecule has 0 saturated carbocycles. The number of hydrogen-bond donors (Lipinski definition) is 1. The van der Waals surface area contributed by atoms with E-state index in [1.165, 1.54) is 0 Å². The molecule has 0 bridgehead atoms. The molecule has 2 saturated heterocycles. The summed E-state index contributed by atoms with van der Waals surface area (Å²) in [4.78, 5) is 58.3. The number of carbonyl (C=O) groups excluding carboxylic acids is 4. The Morgan fingerprint density at radius 3 is 2.63 bits per heavy atom. The molecule has 2 fully saturated rings. The molecule has 4 aliphatic rings. The fraction of sp³-hybridized carbons (Fsp3) is 0.444. The van der Waals surface area contributed by atoms with Crippen LogP contribution in [0.5, 0.6) is 0 Å². The lowest BCUT2D eigenvalue weighted by Crippen LogP contribution is -2.52. The maximum Gasteiger partial charge on any atom is 0.255 e. The minimum absolute atomic E-state index is 0.140. The Labute approximate surface area is 268 Å². The van der Waals surface area contributed by atoms with Crippen LogP contribution in [0.3, 0.4) is 0 Å². The maximum absolute atomic E-state index is 13.1. The molecule has 1 aromatic heterocycles. The number of pyridine rings is 1. The molecule has 0 spiro atoms. The third kappa shape index (κ3) is 6.25. The van der Waals surface area contributed by atoms with E-state index in [9.17, 15) is 19.2 Å². The van der Waals surface area contributed by atoms with Crippen molar-refractivity contribution in [1.29, 1.82) is 0 Å². The van der Waals surface area contributed by atoms with Crippen molar-refractivity contribution in [3.05, 3.63) is 77.0 Å². The summed E-state index contributed by atoms with van der Waals surface area (Å²) in [6.07, 6.45) is 8.64. The van der Waals surface area contributed by atoms with Gasteiger partial charge < -0.3 is 9.80 Å². The Hall–Kier alpha value is -4.60. The molecule has 5 heterocycles. The number of hydrazone groups is 1. The van der Waals surface area contributed by atoms with Gasteiger partial charge in [0.25, 0.3) is 5.91 Å². The Morgan fingerprint density at radius 1 is 0.935 bits per heavy atom. The second-order valence-electron chi connectivity index (χ2n) is 13.0. The van der Waals surface area contributed by atoms with Gasteiger partial charge in [-0.05, 0) is 67.9 Å². The van der Waals surface area contributed by atoms with E-state index in [0.29, 0.717) is 31.0 Å². The molecule has 7 rings (SSSR count). The minimum Gasteiger partial charge on any atom is -0.343 e. The molecule has 10 heteroatoms. The molecule has 4 amide bonds. The number of nitrogens with zero attached hydrogens (tertiary/aromatic N) is 5. The summed E-state index contributed by atoms with van der Waals surface area (Å²) in [5, 5.41) is 10.4. The molecule has 0 radical (unpaired) electrons. The lowest BCUT2D eigenvalue weighted by atomic mass is 10.0. The van der Waals surface area contributed by atoms with E-state index in [1.807, 2.05) is 41.4 Å². The standard InChI is InChI=1S/C36H40N6O4/c43-33-15-14-32(35(45)39-33)41-22-26-11-10-24(20-29(26)36(41)46)6-2-1-3-9-34(44)40-18-16-28(17-19-40)42-23-27(21-37-42)31-13-12-25-7-4-5-8-30(25)38-31/h4-5,7-8,10-13,20-21,27-28,32H,1-3,6,9,14-19,22-23H2,(H,39,43,45). The molecule has 1 N–H and O–H groups in total. The first-order chi connectivity index (χ1) is 22.4. The Morgan fingerprint density at radius 2 is 1.78 bits per heavy atom. The predicted octanol–water partition coefficient (Wildman–Crippen LogP) is 4.17. The largest absolute Gasteiger partial charge is 0.343 e. The van der Waals surface area contributed by atoms with Gasteiger partial charge in [0.05, 0.1) is 23.2 Å². The summed E-state index contributed by atoms with van der Waals surface area (Å²) in [5.41, 5.74) is 4.73. The first-order valence-electron chi connectivity index (χ1n) is 16.6. The van der Waals surface area contributed by atoms with E-state index >= 15 is 0 Å². The number of carbonyl (C=O) groups is 4. The average molecular weight is 621 g/mol. The third-order valence-corrected chi connectivity index (χ3v) is 9.97. The second kappa shape index (κ2) is 13.0. The highest BCUT2D eigenvalue weighted by Gasteiger charge is 2.39. The molecule has 3 aromatic rings. The maximum atomic E-state index is 13.1. The SMILES string of the molecule is O=C1CCC(N2Cc3ccc(CCCCCC(=O)N4CCC(N5CC(c6ccc7ccccc7n6)C=N5)CC4)cc3C2=O)C(=O)N1. The molecule has 10 nitrogen and oxygen atoms in total. The van der Waals surface area contributed by atoms with Crippen LogP contribution in [-0.2, 0) is 27.3 Å². The summed E-state index contributed by atoms with van der Waals surface area (Å²) in [7, 11) is 0. The van der Waals surface area contributed by atoms with Gasteiger partial charge in [-0.15, -0.1) is 0 Å². The van der Waals surface area contributed by atoms with Crippen LogP contribution in [0.25, 0.3) is 10.9 Å². The topological polar surface area (TPSA) is 115 Å². The number of fused-ring (bicyclic) bond motifs is 2. The monoisotopic (exact) mass is 620 g/mol. The number of rotatable bonds is 9. The summed E-state index contributed by atoms with van der Waals surface area (Å²) in [6.45, 7) is 2.77. The van der Waals surface area contributed by atoms with Crippen molar-refractivity contribution >= 4 is 40.7 Å². The van der Waals surface area contributed by atoms with Crippen LogP contribution in [0, 0.1) is 0 Å². The van der Waals surface area contributed by atoms with E-state index in [4.69, 9.17) is 10.1 Å². The molecule has 2 atom stereocenters. The van der Waals surface area contributed by atoms with Crippen LogP contribution in [0.4, 0.5) is 0 Å². The van der Waals surface area contributed by atoms with Crippen LogP contribution >= 0.6 is 0 Å². The Balaban J connectivity index is 0.813. The van der Waals surface area contributed by atoms with Gasteiger partial charge in [-0.3, -0.25) is 34.5 Å². The molecular weight excluding hydrogens is 580 g/mol. The highest BCUT2D eigenvalue weighted by atomic mass is 16.2. The number of hydrogen-bond acceptors (Lipinski definition) is 7. The molecule has 238 valence electrons. The highest BCUT2D eigenvalue weighted by molar-refractivity contribution is 6.05. The molecular formula is C36H40N6O4. The van der Waals surface area contributed by atoms with Crippen molar-refractivity contribution in [3.63, 3.8) is 0 Å². The number of piperidine rings is 2. The zero-order valence-electron chi connectivity index (χ0n) is 26.1. The summed E-state index contributed by atoms with van der Waals surface area (Å²) < 4.78 is 0. The van der Waals surface area contributed by atoms with Crippen molar-refractivity contribution in [3.8, 4) is 0 Å². The van der Waals surface area contributed by atoms with Gasteiger partial charge in [-0.2, -0.15) is 5.10 Å². The van der Waals surface area contributed by atoms with Crippen LogP contribution < -0.4 is 5.32 Å². The average Bonchev–Trinajstić information content (AvgIpc) is 3.70. The molecule has 2 aromatic carbocycles. The minimum atomic E-state index is -0.593. The fourth-order valence-electron chi connectivity index (χ4n) is 7.27. The quantitative estimate of drug-likeness (QED) is 0.284. The van der Waals surface area contributed by atoms with E-state index in [0.717, 1.165) is 85.9 Å². The van der Waals surface area contributed by atoms with Gasteiger partial charge in [0.15, 0.2) is 0 Å². The molecule has 4 aliphatic heterocycles. The van der Waals surface area contributed by atoms with E-state index in [1.54, 1.807) is 4.90 Å². The first-order valence-corrected chi connectivity index (χ1v) is 16.6. The Kier molecular flexibility index (Phi) is 8.51. The molecule has 46 heavy (non-hydrogen) atoms. The van der Waals surface area contributed by atoms with Crippen molar-refractivity contribution in [2.24, 2.45) is 5.10 Å². The van der Waals surface area contributed by atoms with Crippen molar-refractivity contribution in [2.75, 3.05) is 19.6 Å². The highest BCUT2D eigenvalue weighted by Crippen LogP contribution is 2.29. The van der Waals surface area contributed by atoms with Crippen LogP contribution in [0.2, 0.25) is 0 Å². The Bertz CT molecular complexity index is 1700. The van der Waals surface area contributed by atoms with Gasteiger partial charge in [0.1, 0.15) is 6.04 Å². The van der Waals surface area contributed by atoms with Crippen LogP contribution in [-0.4, -0.2) is 81.4 Å². The third-order valence-electron chi connectivity index (χ3n) is 9.97. The predicted molar refractivity (Wildman–Crippen MR) is 174 cm³/mol. The number of imide groups is 1. The first kappa shape index (κ1) is 30.1. The number of aryl methyl sites for hydroxylation is 1. The van der Waals surface area contributed by atoms with Crippen molar-refractivity contribution in [2.45, 2.75) is 82.3 Å². The van der Waals surface area contributed by atoms with Gasteiger partial charge in [-0.25, -0.2) is 0 Å². The summed E-state index contributed by atoms with van der Waals surface area (Å²) >= 11 is 0. The number of amides is 4. The lowest BCUT2D eigenvalue weighted by Gasteiger charge is -2.36. The normalized spacial score (nSPS) is 21.7. The number of likely N-dealkylation sites (tertiary alicyclic amines) is 1. The molecule has 2 unspecified atom stereocenters. The van der Waals surface area contributed by atoms with E-state index in [2.05, 4.69) is 34.6 Å². The smallest absolute Gasteiger partial charge is 0.255 e.